The van der Waals surface area contributed by atoms with Crippen LogP contribution in [0.25, 0.3) is 6.08 Å². The third kappa shape index (κ3) is 4.56. The number of ether oxygens (including phenoxy) is 2. The van der Waals surface area contributed by atoms with Crippen molar-refractivity contribution in [3.63, 3.8) is 0 Å². The number of carbonyl (C=O) groups excluding carboxylic acids is 2. The maximum atomic E-state index is 12.3. The SMILES string of the molecule is CCOc1cc2c(cc1C=CC(=O)Nc1cccc(C(C)=O)c1)OC(C)C2. The van der Waals surface area contributed by atoms with Gasteiger partial charge in [-0.15, -0.1) is 0 Å². The maximum Gasteiger partial charge on any atom is 0.248 e. The first kappa shape index (κ1) is 18.7. The molecule has 140 valence electrons. The van der Waals surface area contributed by atoms with E-state index in [9.17, 15) is 9.59 Å². The van der Waals surface area contributed by atoms with Crippen LogP contribution in [0.2, 0.25) is 0 Å². The van der Waals surface area contributed by atoms with Gasteiger partial charge in [-0.25, -0.2) is 0 Å². The summed E-state index contributed by atoms with van der Waals surface area (Å²) >= 11 is 0. The molecule has 0 bridgehead atoms. The van der Waals surface area contributed by atoms with Crippen LogP contribution in [-0.4, -0.2) is 24.4 Å². The number of rotatable bonds is 6. The Morgan fingerprint density at radius 1 is 1.30 bits per heavy atom. The Balaban J connectivity index is 1.77. The summed E-state index contributed by atoms with van der Waals surface area (Å²) in [5.74, 6) is 1.24. The highest BCUT2D eigenvalue weighted by molar-refractivity contribution is 6.03. The topological polar surface area (TPSA) is 64.6 Å². The number of anilines is 1. The van der Waals surface area contributed by atoms with Crippen molar-refractivity contribution in [3.8, 4) is 11.5 Å². The van der Waals surface area contributed by atoms with Gasteiger partial charge in [-0.2, -0.15) is 0 Å². The Labute approximate surface area is 159 Å². The number of carbonyl (C=O) groups is 2. The molecule has 1 N–H and O–H groups in total. The lowest BCUT2D eigenvalue weighted by Crippen LogP contribution is -2.08. The molecule has 1 aliphatic rings. The average molecular weight is 365 g/mol. The van der Waals surface area contributed by atoms with E-state index < -0.39 is 0 Å². The highest BCUT2D eigenvalue weighted by Crippen LogP contribution is 2.35. The van der Waals surface area contributed by atoms with E-state index in [1.165, 1.54) is 13.0 Å². The number of fused-ring (bicyclic) bond motifs is 1. The third-order valence-corrected chi connectivity index (χ3v) is 4.28. The lowest BCUT2D eigenvalue weighted by atomic mass is 10.1. The first-order valence-corrected chi connectivity index (χ1v) is 9.02. The molecule has 0 aromatic heterocycles. The van der Waals surface area contributed by atoms with Crippen LogP contribution in [0, 0.1) is 0 Å². The van der Waals surface area contributed by atoms with Crippen LogP contribution >= 0.6 is 0 Å². The molecular weight excluding hydrogens is 342 g/mol. The summed E-state index contributed by atoms with van der Waals surface area (Å²) in [6.45, 7) is 5.99. The highest BCUT2D eigenvalue weighted by Gasteiger charge is 2.21. The van der Waals surface area contributed by atoms with Crippen molar-refractivity contribution in [1.82, 2.24) is 0 Å². The number of benzene rings is 2. The van der Waals surface area contributed by atoms with E-state index in [2.05, 4.69) is 5.32 Å². The van der Waals surface area contributed by atoms with Gasteiger partial charge in [0, 0.05) is 34.9 Å². The van der Waals surface area contributed by atoms with Gasteiger partial charge in [0.1, 0.15) is 17.6 Å². The van der Waals surface area contributed by atoms with Gasteiger partial charge in [-0.05, 0) is 51.1 Å². The first-order chi connectivity index (χ1) is 13.0. The summed E-state index contributed by atoms with van der Waals surface area (Å²) in [5, 5.41) is 2.77. The number of nitrogens with one attached hydrogen (secondary N) is 1. The zero-order valence-corrected chi connectivity index (χ0v) is 15.7. The van der Waals surface area contributed by atoms with Crippen molar-refractivity contribution < 1.29 is 19.1 Å². The molecule has 0 fully saturated rings. The average Bonchev–Trinajstić information content (AvgIpc) is 2.99. The first-order valence-electron chi connectivity index (χ1n) is 9.02. The number of amides is 1. The molecule has 0 radical (unpaired) electrons. The minimum absolute atomic E-state index is 0.0460. The smallest absolute Gasteiger partial charge is 0.248 e. The Morgan fingerprint density at radius 3 is 2.85 bits per heavy atom. The molecule has 5 nitrogen and oxygen atoms in total. The van der Waals surface area contributed by atoms with E-state index in [4.69, 9.17) is 9.47 Å². The number of ketones is 1. The van der Waals surface area contributed by atoms with Crippen molar-refractivity contribution in [3.05, 3.63) is 59.2 Å². The van der Waals surface area contributed by atoms with Crippen LogP contribution in [0.5, 0.6) is 11.5 Å². The lowest BCUT2D eigenvalue weighted by Gasteiger charge is -2.10. The number of hydrogen-bond acceptors (Lipinski definition) is 4. The molecular formula is C22H23NO4. The van der Waals surface area contributed by atoms with E-state index in [1.807, 2.05) is 26.0 Å². The summed E-state index contributed by atoms with van der Waals surface area (Å²) in [7, 11) is 0. The zero-order chi connectivity index (χ0) is 19.4. The van der Waals surface area contributed by atoms with Crippen LogP contribution in [0.3, 0.4) is 0 Å². The van der Waals surface area contributed by atoms with Crippen LogP contribution in [-0.2, 0) is 11.2 Å². The lowest BCUT2D eigenvalue weighted by molar-refractivity contribution is -0.111. The fraction of sp³-hybridized carbons (Fsp3) is 0.273. The second kappa shape index (κ2) is 8.08. The predicted molar refractivity (Wildman–Crippen MR) is 106 cm³/mol. The monoisotopic (exact) mass is 365 g/mol. The molecule has 27 heavy (non-hydrogen) atoms. The molecule has 1 amide bonds. The second-order valence-electron chi connectivity index (χ2n) is 6.52. The molecule has 5 heteroatoms. The molecule has 0 saturated carbocycles. The molecule has 3 rings (SSSR count). The fourth-order valence-electron chi connectivity index (χ4n) is 3.03. The van der Waals surface area contributed by atoms with Crippen molar-refractivity contribution in [2.45, 2.75) is 33.3 Å². The predicted octanol–water partition coefficient (Wildman–Crippen LogP) is 4.26. The Morgan fingerprint density at radius 2 is 2.11 bits per heavy atom. The van der Waals surface area contributed by atoms with E-state index in [-0.39, 0.29) is 17.8 Å². The summed E-state index contributed by atoms with van der Waals surface area (Å²) in [4.78, 5) is 23.7. The molecule has 0 spiro atoms. The van der Waals surface area contributed by atoms with Gasteiger partial charge >= 0.3 is 0 Å². The normalized spacial score (nSPS) is 15.3. The van der Waals surface area contributed by atoms with E-state index in [0.29, 0.717) is 17.9 Å². The maximum absolute atomic E-state index is 12.3. The number of Topliss-reactive ketones (excluding diaryl/α,β-unsaturated/α-hetero) is 1. The summed E-state index contributed by atoms with van der Waals surface area (Å²) in [5.41, 5.74) is 3.04. The molecule has 1 aliphatic heterocycles. The highest BCUT2D eigenvalue weighted by atomic mass is 16.5. The molecule has 2 aromatic rings. The van der Waals surface area contributed by atoms with Gasteiger partial charge in [-0.3, -0.25) is 9.59 Å². The summed E-state index contributed by atoms with van der Waals surface area (Å²) in [6, 6.07) is 10.7. The molecule has 0 saturated heterocycles. The van der Waals surface area contributed by atoms with E-state index in [1.54, 1.807) is 30.3 Å². The Kier molecular flexibility index (Phi) is 5.60. The molecule has 0 aliphatic carbocycles. The van der Waals surface area contributed by atoms with Gasteiger partial charge in [0.25, 0.3) is 0 Å². The quantitative estimate of drug-likeness (QED) is 0.613. The molecule has 2 aromatic carbocycles. The van der Waals surface area contributed by atoms with Crippen molar-refractivity contribution in [1.29, 1.82) is 0 Å². The Hall–Kier alpha value is -3.08. The second-order valence-corrected chi connectivity index (χ2v) is 6.52. The Bertz CT molecular complexity index is 901. The zero-order valence-electron chi connectivity index (χ0n) is 15.7. The fourth-order valence-corrected chi connectivity index (χ4v) is 3.03. The van der Waals surface area contributed by atoms with E-state index >= 15 is 0 Å². The summed E-state index contributed by atoms with van der Waals surface area (Å²) < 4.78 is 11.5. The molecule has 1 heterocycles. The van der Waals surface area contributed by atoms with Crippen LogP contribution < -0.4 is 14.8 Å². The van der Waals surface area contributed by atoms with Gasteiger partial charge < -0.3 is 14.8 Å². The third-order valence-electron chi connectivity index (χ3n) is 4.28. The minimum Gasteiger partial charge on any atom is -0.493 e. The van der Waals surface area contributed by atoms with Gasteiger partial charge in [0.2, 0.25) is 5.91 Å². The molecule has 1 atom stereocenters. The van der Waals surface area contributed by atoms with Crippen LogP contribution in [0.4, 0.5) is 5.69 Å². The van der Waals surface area contributed by atoms with Crippen LogP contribution in [0.1, 0.15) is 42.3 Å². The van der Waals surface area contributed by atoms with Gasteiger partial charge in [0.15, 0.2) is 5.78 Å². The van der Waals surface area contributed by atoms with Gasteiger partial charge in [0.05, 0.1) is 6.61 Å². The standard InChI is InChI=1S/C22H23NO4/c1-4-26-20-13-18-10-14(2)27-21(18)12-17(20)8-9-22(25)23-19-7-5-6-16(11-19)15(3)24/h5-9,11-14H,4,10H2,1-3H3,(H,23,25). The van der Waals surface area contributed by atoms with Crippen molar-refractivity contribution in [2.24, 2.45) is 0 Å². The van der Waals surface area contributed by atoms with Crippen molar-refractivity contribution >= 4 is 23.5 Å². The summed E-state index contributed by atoms with van der Waals surface area (Å²) in [6.07, 6.45) is 4.16. The molecule has 1 unspecified atom stereocenters. The number of hydrogen-bond donors (Lipinski definition) is 1. The van der Waals surface area contributed by atoms with Crippen LogP contribution in [0.15, 0.2) is 42.5 Å². The largest absolute Gasteiger partial charge is 0.493 e. The van der Waals surface area contributed by atoms with E-state index in [0.717, 1.165) is 29.0 Å². The minimum atomic E-state index is -0.284. The van der Waals surface area contributed by atoms with Gasteiger partial charge in [-0.1, -0.05) is 12.1 Å². The van der Waals surface area contributed by atoms with Crippen molar-refractivity contribution in [2.75, 3.05) is 11.9 Å².